The number of carbonyl (C=O) groups is 1. The second-order valence-corrected chi connectivity index (χ2v) is 10.0. The molecule has 4 fully saturated rings. The highest BCUT2D eigenvalue weighted by Gasteiger charge is 2.59. The number of anilines is 2. The van der Waals surface area contributed by atoms with Crippen molar-refractivity contribution in [2.24, 2.45) is 17.3 Å². The van der Waals surface area contributed by atoms with Crippen molar-refractivity contribution in [3.8, 4) is 5.75 Å². The van der Waals surface area contributed by atoms with Crippen molar-refractivity contribution in [1.82, 2.24) is 9.78 Å². The fourth-order valence-corrected chi connectivity index (χ4v) is 7.10. The van der Waals surface area contributed by atoms with Crippen LogP contribution in [0.2, 0.25) is 5.02 Å². The van der Waals surface area contributed by atoms with Gasteiger partial charge in [0.05, 0.1) is 36.6 Å². The number of carboxylic acid groups (broad SMARTS) is 1. The van der Waals surface area contributed by atoms with Gasteiger partial charge in [-0.15, -0.1) is 0 Å². The van der Waals surface area contributed by atoms with Gasteiger partial charge < -0.3 is 15.2 Å². The first-order valence-corrected chi connectivity index (χ1v) is 11.1. The molecule has 164 valence electrons. The maximum Gasteiger partial charge on any atom is 0.303 e. The lowest BCUT2D eigenvalue weighted by molar-refractivity contribution is -0.151. The maximum absolute atomic E-state index is 13.4. The predicted octanol–water partition coefficient (Wildman–Crippen LogP) is 4.42. The van der Waals surface area contributed by atoms with E-state index in [0.717, 1.165) is 32.1 Å². The monoisotopic (exact) mass is 443 g/mol. The Morgan fingerprint density at radius 2 is 1.97 bits per heavy atom. The third-order valence-corrected chi connectivity index (χ3v) is 7.79. The van der Waals surface area contributed by atoms with E-state index in [0.29, 0.717) is 35.4 Å². The van der Waals surface area contributed by atoms with Crippen LogP contribution in [0, 0.1) is 17.3 Å². The second kappa shape index (κ2) is 7.26. The minimum atomic E-state index is -0.758. The number of hydrogen-bond acceptors (Lipinski definition) is 5. The van der Waals surface area contributed by atoms with Crippen LogP contribution in [0.4, 0.5) is 11.4 Å². The quantitative estimate of drug-likeness (QED) is 0.686. The summed E-state index contributed by atoms with van der Waals surface area (Å²) in [5.41, 5.74) is 0.119. The number of hydrogen-bond donors (Lipinski definition) is 2. The Bertz CT molecular complexity index is 1080. The molecule has 1 heterocycles. The number of halogens is 1. The molecule has 0 spiro atoms. The van der Waals surface area contributed by atoms with E-state index in [4.69, 9.17) is 16.3 Å². The number of rotatable bonds is 6. The van der Waals surface area contributed by atoms with Crippen LogP contribution in [-0.2, 0) is 10.3 Å². The molecule has 0 radical (unpaired) electrons. The summed E-state index contributed by atoms with van der Waals surface area (Å²) < 4.78 is 6.93. The van der Waals surface area contributed by atoms with Gasteiger partial charge in [0.2, 0.25) is 0 Å². The zero-order chi connectivity index (χ0) is 21.8. The van der Waals surface area contributed by atoms with Gasteiger partial charge in [0, 0.05) is 0 Å². The molecular formula is C23H26ClN3O4. The van der Waals surface area contributed by atoms with Crippen LogP contribution in [0.15, 0.2) is 35.3 Å². The van der Waals surface area contributed by atoms with Gasteiger partial charge >= 0.3 is 5.97 Å². The van der Waals surface area contributed by atoms with Crippen LogP contribution >= 0.6 is 11.6 Å². The number of aromatic nitrogens is 2. The Morgan fingerprint density at radius 1 is 1.26 bits per heavy atom. The van der Waals surface area contributed by atoms with Crippen LogP contribution < -0.4 is 15.6 Å². The number of nitrogens with zero attached hydrogens (tertiary/aromatic N) is 2. The molecule has 2 N–H and O–H groups in total. The van der Waals surface area contributed by atoms with Crippen molar-refractivity contribution in [1.29, 1.82) is 0 Å². The summed E-state index contributed by atoms with van der Waals surface area (Å²) >= 11 is 6.53. The third kappa shape index (κ3) is 3.39. The Kier molecular flexibility index (Phi) is 4.77. The maximum atomic E-state index is 13.4. The summed E-state index contributed by atoms with van der Waals surface area (Å²) in [5.74, 6) is 0.769. The molecule has 0 amide bonds. The highest BCUT2D eigenvalue weighted by Crippen LogP contribution is 2.65. The molecule has 4 bridgehead atoms. The van der Waals surface area contributed by atoms with E-state index in [2.05, 4.69) is 10.4 Å². The van der Waals surface area contributed by atoms with Crippen LogP contribution in [0.1, 0.15) is 44.9 Å². The highest BCUT2D eigenvalue weighted by molar-refractivity contribution is 6.33. The molecular weight excluding hydrogens is 418 g/mol. The smallest absolute Gasteiger partial charge is 0.303 e. The van der Waals surface area contributed by atoms with Crippen molar-refractivity contribution in [2.45, 2.75) is 50.5 Å². The summed E-state index contributed by atoms with van der Waals surface area (Å²) in [4.78, 5) is 24.9. The number of nitrogens with one attached hydrogen (secondary N) is 1. The largest absolute Gasteiger partial charge is 0.495 e. The molecule has 4 saturated carbocycles. The minimum absolute atomic E-state index is 0.0870. The van der Waals surface area contributed by atoms with E-state index < -0.39 is 11.5 Å². The van der Waals surface area contributed by atoms with E-state index in [1.807, 2.05) is 24.3 Å². The van der Waals surface area contributed by atoms with Crippen molar-refractivity contribution in [3.05, 3.63) is 45.8 Å². The van der Waals surface area contributed by atoms with Gasteiger partial charge in [-0.25, -0.2) is 4.68 Å². The summed E-state index contributed by atoms with van der Waals surface area (Å²) in [6.07, 6.45) is 7.18. The molecule has 4 atom stereocenters. The minimum Gasteiger partial charge on any atom is -0.495 e. The number of methoxy groups -OCH3 is 1. The first-order chi connectivity index (χ1) is 14.8. The average Bonchev–Trinajstić information content (AvgIpc) is 2.69. The fourth-order valence-electron chi connectivity index (χ4n) is 6.93. The number of aliphatic carboxylic acids is 1. The molecule has 1 aromatic carbocycles. The SMILES string of the molecule is COc1ccccc1Nc1cnn(C23C[C@@H]4C[C@@H](CC(CC(=O)O)(C4)C2)C3)c(=O)c1Cl. The molecule has 8 heteroatoms. The first kappa shape index (κ1) is 20.4. The Hall–Kier alpha value is -2.54. The molecule has 4 aliphatic carbocycles. The molecule has 7 nitrogen and oxygen atoms in total. The van der Waals surface area contributed by atoms with E-state index in [9.17, 15) is 14.7 Å². The summed E-state index contributed by atoms with van der Waals surface area (Å²) in [6, 6.07) is 7.39. The van der Waals surface area contributed by atoms with E-state index in [1.54, 1.807) is 18.0 Å². The first-order valence-electron chi connectivity index (χ1n) is 10.7. The lowest BCUT2D eigenvalue weighted by Crippen LogP contribution is -2.59. The second-order valence-electron chi connectivity index (χ2n) is 9.67. The summed E-state index contributed by atoms with van der Waals surface area (Å²) in [6.45, 7) is 0. The molecule has 6 rings (SSSR count). The predicted molar refractivity (Wildman–Crippen MR) is 117 cm³/mol. The van der Waals surface area contributed by atoms with Crippen LogP contribution in [0.25, 0.3) is 0 Å². The molecule has 0 saturated heterocycles. The Labute approximate surface area is 185 Å². The van der Waals surface area contributed by atoms with Gasteiger partial charge in [-0.05, 0) is 67.9 Å². The Balaban J connectivity index is 1.51. The lowest BCUT2D eigenvalue weighted by atomic mass is 9.46. The van der Waals surface area contributed by atoms with E-state index in [1.165, 1.54) is 0 Å². The fraction of sp³-hybridized carbons (Fsp3) is 0.522. The normalized spacial score (nSPS) is 30.9. The standard InChI is InChI=1S/C23H26ClN3O4/c1-31-18-5-3-2-4-16(18)26-17-12-25-27(21(30)20(17)24)23-9-14-6-15(10-23)8-22(7-14,13-23)11-19(28)29/h2-5,12,14-15,26H,6-11,13H2,1H3,(H,28,29)/t14-,15+,22?,23?. The number of para-hydroxylation sites is 2. The topological polar surface area (TPSA) is 93.4 Å². The van der Waals surface area contributed by atoms with Crippen molar-refractivity contribution >= 4 is 28.9 Å². The van der Waals surface area contributed by atoms with Crippen molar-refractivity contribution in [3.63, 3.8) is 0 Å². The zero-order valence-corrected chi connectivity index (χ0v) is 18.2. The summed E-state index contributed by atoms with van der Waals surface area (Å²) in [7, 11) is 1.58. The van der Waals surface area contributed by atoms with Gasteiger partial charge in [-0.1, -0.05) is 23.7 Å². The molecule has 31 heavy (non-hydrogen) atoms. The average molecular weight is 444 g/mol. The number of benzene rings is 1. The van der Waals surface area contributed by atoms with Crippen molar-refractivity contribution in [2.75, 3.05) is 12.4 Å². The van der Waals surface area contributed by atoms with Crippen LogP contribution in [0.5, 0.6) is 5.75 Å². The van der Waals surface area contributed by atoms with Gasteiger partial charge in [0.15, 0.2) is 0 Å². The highest BCUT2D eigenvalue weighted by atomic mass is 35.5. The third-order valence-electron chi connectivity index (χ3n) is 7.42. The van der Waals surface area contributed by atoms with Gasteiger partial charge in [-0.2, -0.15) is 5.10 Å². The molecule has 2 unspecified atom stereocenters. The molecule has 2 aromatic rings. The van der Waals surface area contributed by atoms with Gasteiger partial charge in [0.1, 0.15) is 10.8 Å². The van der Waals surface area contributed by atoms with E-state index >= 15 is 0 Å². The van der Waals surface area contributed by atoms with Gasteiger partial charge in [-0.3, -0.25) is 9.59 Å². The van der Waals surface area contributed by atoms with E-state index in [-0.39, 0.29) is 22.4 Å². The van der Waals surface area contributed by atoms with Crippen LogP contribution in [-0.4, -0.2) is 28.0 Å². The van der Waals surface area contributed by atoms with Crippen molar-refractivity contribution < 1.29 is 14.6 Å². The summed E-state index contributed by atoms with van der Waals surface area (Å²) in [5, 5.41) is 17.3. The molecule has 4 aliphatic rings. The molecule has 0 aliphatic heterocycles. The van der Waals surface area contributed by atoms with Crippen LogP contribution in [0.3, 0.4) is 0 Å². The lowest BCUT2D eigenvalue weighted by Gasteiger charge is -2.61. The zero-order valence-electron chi connectivity index (χ0n) is 17.4. The number of carboxylic acids is 1. The Morgan fingerprint density at radius 3 is 2.65 bits per heavy atom. The van der Waals surface area contributed by atoms with Gasteiger partial charge in [0.25, 0.3) is 5.56 Å². The molecule has 1 aromatic heterocycles. The number of ether oxygens (including phenoxy) is 1.